The van der Waals surface area contributed by atoms with Gasteiger partial charge in [-0.05, 0) is 30.7 Å². The summed E-state index contributed by atoms with van der Waals surface area (Å²) < 4.78 is 0. The minimum atomic E-state index is -0.000478. The maximum absolute atomic E-state index is 12.2. The number of carbonyl (C=O) groups excluding carboxylic acids is 1. The van der Waals surface area contributed by atoms with Gasteiger partial charge in [-0.3, -0.25) is 9.89 Å². The summed E-state index contributed by atoms with van der Waals surface area (Å²) >= 11 is 0. The van der Waals surface area contributed by atoms with Gasteiger partial charge in [-0.1, -0.05) is 33.1 Å². The lowest BCUT2D eigenvalue weighted by Gasteiger charge is -2.35. The Morgan fingerprint density at radius 3 is 2.70 bits per heavy atom. The number of nitrogens with two attached hydrogens (primary N) is 1. The number of aromatic amines is 1. The molecule has 0 aromatic carbocycles. The van der Waals surface area contributed by atoms with E-state index in [4.69, 9.17) is 5.73 Å². The van der Waals surface area contributed by atoms with E-state index in [-0.39, 0.29) is 11.3 Å². The van der Waals surface area contributed by atoms with Gasteiger partial charge in [0.25, 0.3) is 0 Å². The molecular weight excluding hydrogens is 252 g/mol. The van der Waals surface area contributed by atoms with E-state index in [9.17, 15) is 4.79 Å². The number of hydrogen-bond acceptors (Lipinski definition) is 3. The summed E-state index contributed by atoms with van der Waals surface area (Å²) in [6.07, 6.45) is 6.27. The summed E-state index contributed by atoms with van der Waals surface area (Å²) in [5, 5.41) is 9.97. The number of aromatic nitrogens is 2. The molecule has 0 radical (unpaired) electrons. The van der Waals surface area contributed by atoms with Crippen LogP contribution < -0.4 is 11.1 Å². The van der Waals surface area contributed by atoms with Crippen LogP contribution in [0.2, 0.25) is 0 Å². The molecule has 1 aliphatic carbocycles. The molecular formula is C15H26N4O. The largest absolute Gasteiger partial charge is 0.330 e. The summed E-state index contributed by atoms with van der Waals surface area (Å²) in [6.45, 7) is 4.77. The first kappa shape index (κ1) is 15.0. The van der Waals surface area contributed by atoms with Gasteiger partial charge >= 0.3 is 0 Å². The monoisotopic (exact) mass is 278 g/mol. The zero-order valence-electron chi connectivity index (χ0n) is 12.5. The minimum Gasteiger partial charge on any atom is -0.330 e. The van der Waals surface area contributed by atoms with Crippen molar-refractivity contribution in [2.45, 2.75) is 58.3 Å². The Morgan fingerprint density at radius 1 is 1.45 bits per heavy atom. The van der Waals surface area contributed by atoms with Crippen molar-refractivity contribution >= 4 is 11.7 Å². The first-order valence-corrected chi connectivity index (χ1v) is 7.60. The third kappa shape index (κ3) is 3.60. The van der Waals surface area contributed by atoms with Crippen LogP contribution in [0, 0.1) is 5.41 Å². The lowest BCUT2D eigenvalue weighted by atomic mass is 9.71. The molecule has 1 heterocycles. The molecule has 112 valence electrons. The number of anilines is 1. The van der Waals surface area contributed by atoms with Gasteiger partial charge in [-0.2, -0.15) is 5.10 Å². The molecule has 0 spiro atoms. The highest BCUT2D eigenvalue weighted by atomic mass is 16.1. The lowest BCUT2D eigenvalue weighted by Crippen LogP contribution is -2.36. The highest BCUT2D eigenvalue weighted by molar-refractivity contribution is 5.90. The van der Waals surface area contributed by atoms with E-state index in [1.807, 2.05) is 6.07 Å². The quantitative estimate of drug-likeness (QED) is 0.774. The molecule has 0 atom stereocenters. The molecule has 1 aromatic rings. The van der Waals surface area contributed by atoms with Crippen LogP contribution in [0.3, 0.4) is 0 Å². The maximum atomic E-state index is 12.2. The SMILES string of the molecule is CC(C)c1cc(NC(=O)CC2(CN)CCCCC2)n[nH]1. The van der Waals surface area contributed by atoms with Crippen molar-refractivity contribution in [3.05, 3.63) is 11.8 Å². The number of carbonyl (C=O) groups is 1. The van der Waals surface area contributed by atoms with Crippen molar-refractivity contribution in [2.75, 3.05) is 11.9 Å². The smallest absolute Gasteiger partial charge is 0.226 e. The van der Waals surface area contributed by atoms with Crippen LogP contribution in [0.15, 0.2) is 6.07 Å². The van der Waals surface area contributed by atoms with Gasteiger partial charge in [0.15, 0.2) is 5.82 Å². The number of nitrogens with one attached hydrogen (secondary N) is 2. The van der Waals surface area contributed by atoms with Crippen molar-refractivity contribution in [3.63, 3.8) is 0 Å². The first-order valence-electron chi connectivity index (χ1n) is 7.60. The Kier molecular flexibility index (Phi) is 4.81. The molecule has 1 fully saturated rings. The zero-order valence-corrected chi connectivity index (χ0v) is 12.5. The van der Waals surface area contributed by atoms with E-state index in [0.717, 1.165) is 18.5 Å². The molecule has 1 aromatic heterocycles. The van der Waals surface area contributed by atoms with Crippen molar-refractivity contribution in [1.29, 1.82) is 0 Å². The highest BCUT2D eigenvalue weighted by Gasteiger charge is 2.33. The van der Waals surface area contributed by atoms with Crippen LogP contribution in [-0.2, 0) is 4.79 Å². The number of H-pyrrole nitrogens is 1. The standard InChI is InChI=1S/C15H26N4O/c1-11(2)12-8-13(19-18-12)17-14(20)9-15(10-16)6-4-3-5-7-15/h8,11H,3-7,9-10,16H2,1-2H3,(H2,17,18,19,20). The molecule has 1 saturated carbocycles. The molecule has 5 heteroatoms. The first-order chi connectivity index (χ1) is 9.54. The normalized spacial score (nSPS) is 18.2. The Hall–Kier alpha value is -1.36. The fourth-order valence-electron chi connectivity index (χ4n) is 2.98. The molecule has 5 nitrogen and oxygen atoms in total. The molecule has 20 heavy (non-hydrogen) atoms. The maximum Gasteiger partial charge on any atom is 0.226 e. The van der Waals surface area contributed by atoms with Gasteiger partial charge in [0.05, 0.1) is 0 Å². The molecule has 1 amide bonds. The van der Waals surface area contributed by atoms with Crippen LogP contribution in [0.1, 0.15) is 64.0 Å². The second kappa shape index (κ2) is 6.39. The molecule has 0 unspecified atom stereocenters. The van der Waals surface area contributed by atoms with E-state index >= 15 is 0 Å². The molecule has 0 bridgehead atoms. The van der Waals surface area contributed by atoms with E-state index in [1.165, 1.54) is 19.3 Å². The van der Waals surface area contributed by atoms with Crippen LogP contribution >= 0.6 is 0 Å². The average molecular weight is 278 g/mol. The van der Waals surface area contributed by atoms with Gasteiger partial charge in [-0.15, -0.1) is 0 Å². The number of amides is 1. The highest BCUT2D eigenvalue weighted by Crippen LogP contribution is 2.38. The number of nitrogens with zero attached hydrogens (tertiary/aromatic N) is 1. The van der Waals surface area contributed by atoms with Crippen LogP contribution in [-0.4, -0.2) is 22.6 Å². The van der Waals surface area contributed by atoms with E-state index in [0.29, 0.717) is 24.7 Å². The van der Waals surface area contributed by atoms with Crippen molar-refractivity contribution < 1.29 is 4.79 Å². The molecule has 2 rings (SSSR count). The third-order valence-corrected chi connectivity index (χ3v) is 4.37. The molecule has 0 saturated heterocycles. The predicted octanol–water partition coefficient (Wildman–Crippen LogP) is 2.77. The number of hydrogen-bond donors (Lipinski definition) is 3. The average Bonchev–Trinajstić information content (AvgIpc) is 2.88. The van der Waals surface area contributed by atoms with E-state index in [2.05, 4.69) is 29.4 Å². The fourth-order valence-corrected chi connectivity index (χ4v) is 2.98. The van der Waals surface area contributed by atoms with Crippen LogP contribution in [0.4, 0.5) is 5.82 Å². The van der Waals surface area contributed by atoms with E-state index < -0.39 is 0 Å². The molecule has 1 aliphatic rings. The predicted molar refractivity (Wildman–Crippen MR) is 80.5 cm³/mol. The van der Waals surface area contributed by atoms with Crippen molar-refractivity contribution in [1.82, 2.24) is 10.2 Å². The van der Waals surface area contributed by atoms with Gasteiger partial charge in [0.2, 0.25) is 5.91 Å². The Balaban J connectivity index is 1.93. The van der Waals surface area contributed by atoms with Crippen molar-refractivity contribution in [2.24, 2.45) is 11.1 Å². The van der Waals surface area contributed by atoms with E-state index in [1.54, 1.807) is 0 Å². The minimum absolute atomic E-state index is 0.000478. The summed E-state index contributed by atoms with van der Waals surface area (Å²) in [4.78, 5) is 12.2. The Labute approximate surface area is 120 Å². The zero-order chi connectivity index (χ0) is 14.6. The second-order valence-corrected chi connectivity index (χ2v) is 6.35. The van der Waals surface area contributed by atoms with Crippen LogP contribution in [0.25, 0.3) is 0 Å². The Morgan fingerprint density at radius 2 is 2.15 bits per heavy atom. The van der Waals surface area contributed by atoms with Gasteiger partial charge in [0, 0.05) is 18.2 Å². The fraction of sp³-hybridized carbons (Fsp3) is 0.733. The number of rotatable bonds is 5. The Bertz CT molecular complexity index is 446. The third-order valence-electron chi connectivity index (χ3n) is 4.37. The summed E-state index contributed by atoms with van der Waals surface area (Å²) in [5.41, 5.74) is 6.96. The van der Waals surface area contributed by atoms with Crippen molar-refractivity contribution in [3.8, 4) is 0 Å². The second-order valence-electron chi connectivity index (χ2n) is 6.35. The summed E-state index contributed by atoms with van der Waals surface area (Å²) in [7, 11) is 0. The summed E-state index contributed by atoms with van der Waals surface area (Å²) in [5.74, 6) is 1.02. The van der Waals surface area contributed by atoms with Crippen LogP contribution in [0.5, 0.6) is 0 Å². The van der Waals surface area contributed by atoms with Gasteiger partial charge < -0.3 is 11.1 Å². The lowest BCUT2D eigenvalue weighted by molar-refractivity contribution is -0.118. The molecule has 4 N–H and O–H groups in total. The van der Waals surface area contributed by atoms with Gasteiger partial charge in [-0.25, -0.2) is 0 Å². The molecule has 0 aliphatic heterocycles. The van der Waals surface area contributed by atoms with Gasteiger partial charge in [0.1, 0.15) is 0 Å². The topological polar surface area (TPSA) is 83.8 Å². The summed E-state index contributed by atoms with van der Waals surface area (Å²) in [6, 6.07) is 1.90.